The number of aromatic nitrogens is 6. The number of aromatic hydroxyl groups is 1. The van der Waals surface area contributed by atoms with E-state index < -0.39 is 5.69 Å². The van der Waals surface area contributed by atoms with E-state index >= 15 is 0 Å². The van der Waals surface area contributed by atoms with Crippen molar-refractivity contribution in [2.75, 3.05) is 5.32 Å². The van der Waals surface area contributed by atoms with E-state index in [1.54, 1.807) is 16.8 Å². The highest BCUT2D eigenvalue weighted by Crippen LogP contribution is 2.22. The van der Waals surface area contributed by atoms with Crippen molar-refractivity contribution in [3.05, 3.63) is 67.6 Å². The molecule has 0 aliphatic heterocycles. The second-order valence-electron chi connectivity index (χ2n) is 7.47. The molecule has 0 spiro atoms. The number of hydrogen-bond donors (Lipinski definition) is 4. The van der Waals surface area contributed by atoms with Crippen LogP contribution in [-0.4, -0.2) is 40.7 Å². The number of fused-ring (bicyclic) bond motifs is 1. The maximum absolute atomic E-state index is 11.4. The Morgan fingerprint density at radius 3 is 2.90 bits per heavy atom. The molecule has 0 atom stereocenters. The van der Waals surface area contributed by atoms with Crippen molar-refractivity contribution in [1.29, 1.82) is 0 Å². The summed E-state index contributed by atoms with van der Waals surface area (Å²) in [5.41, 5.74) is 2.69. The largest absolute Gasteiger partial charge is 0.493 e. The fraction of sp³-hybridized carbons (Fsp3) is 0.250. The van der Waals surface area contributed by atoms with Crippen LogP contribution in [0.2, 0.25) is 5.02 Å². The zero-order valence-corrected chi connectivity index (χ0v) is 17.3. The van der Waals surface area contributed by atoms with Gasteiger partial charge in [0.25, 0.3) is 5.62 Å². The third-order valence-corrected chi connectivity index (χ3v) is 5.35. The SMILES string of the molecule is Cc1ccc(CNc2nc(=NC3CC3)n3ncc(=Cc4[nH]c(=O)[nH]c4O)c3n2)cc1Cl. The summed E-state index contributed by atoms with van der Waals surface area (Å²) in [5.74, 6) is 0.140. The van der Waals surface area contributed by atoms with Gasteiger partial charge in [-0.25, -0.2) is 9.79 Å². The molecule has 3 heterocycles. The Kier molecular flexibility index (Phi) is 4.70. The molecule has 10 nitrogen and oxygen atoms in total. The minimum Gasteiger partial charge on any atom is -0.493 e. The number of halogens is 1. The minimum absolute atomic E-state index is 0.239. The minimum atomic E-state index is -0.501. The predicted octanol–water partition coefficient (Wildman–Crippen LogP) is 1.03. The lowest BCUT2D eigenvalue weighted by molar-refractivity contribution is 0.454. The van der Waals surface area contributed by atoms with Crippen LogP contribution in [-0.2, 0) is 6.54 Å². The molecule has 0 unspecified atom stereocenters. The van der Waals surface area contributed by atoms with Crippen molar-refractivity contribution in [3.8, 4) is 5.88 Å². The number of imidazole rings is 1. The summed E-state index contributed by atoms with van der Waals surface area (Å²) in [7, 11) is 0. The lowest BCUT2D eigenvalue weighted by Gasteiger charge is -2.07. The Balaban J connectivity index is 1.57. The van der Waals surface area contributed by atoms with Crippen molar-refractivity contribution in [2.45, 2.75) is 32.4 Å². The van der Waals surface area contributed by atoms with Crippen molar-refractivity contribution < 1.29 is 5.11 Å². The monoisotopic (exact) mass is 438 g/mol. The zero-order valence-electron chi connectivity index (χ0n) is 16.6. The van der Waals surface area contributed by atoms with Crippen molar-refractivity contribution in [1.82, 2.24) is 29.5 Å². The van der Waals surface area contributed by atoms with Gasteiger partial charge in [0.2, 0.25) is 11.8 Å². The van der Waals surface area contributed by atoms with Crippen LogP contribution < -0.4 is 21.8 Å². The molecular formula is C20H19ClN8O2. The number of aryl methyl sites for hydroxylation is 1. The highest BCUT2D eigenvalue weighted by Gasteiger charge is 2.21. The summed E-state index contributed by atoms with van der Waals surface area (Å²) in [6, 6.07) is 6.10. The van der Waals surface area contributed by atoms with Gasteiger partial charge < -0.3 is 15.4 Å². The molecule has 3 aromatic heterocycles. The molecule has 0 radical (unpaired) electrons. The zero-order chi connectivity index (χ0) is 21.5. The second kappa shape index (κ2) is 7.55. The normalized spacial score (nSPS) is 15.2. The quantitative estimate of drug-likeness (QED) is 0.367. The molecule has 0 amide bonds. The van der Waals surface area contributed by atoms with E-state index in [0.29, 0.717) is 34.0 Å². The van der Waals surface area contributed by atoms with Gasteiger partial charge in [0, 0.05) is 16.8 Å². The standard InChI is InChI=1S/C20H19ClN8O2/c1-10-2-3-11(6-14(10)21)8-22-18-26-16-12(7-15-17(30)27-20(31)25-15)9-23-29(16)19(28-18)24-13-4-5-13/h2-3,6-7,9,13,30H,4-5,8H2,1H3,(H,22,24,28)(H2,25,27,31). The number of aromatic amines is 2. The summed E-state index contributed by atoms with van der Waals surface area (Å²) in [6.07, 6.45) is 5.22. The first-order valence-electron chi connectivity index (χ1n) is 9.78. The van der Waals surface area contributed by atoms with Crippen molar-refractivity contribution in [3.63, 3.8) is 0 Å². The van der Waals surface area contributed by atoms with Crippen LogP contribution in [0.1, 0.15) is 29.7 Å². The number of nitrogens with one attached hydrogen (secondary N) is 3. The molecule has 31 heavy (non-hydrogen) atoms. The highest BCUT2D eigenvalue weighted by molar-refractivity contribution is 6.31. The highest BCUT2D eigenvalue weighted by atomic mass is 35.5. The second-order valence-corrected chi connectivity index (χ2v) is 7.87. The fourth-order valence-corrected chi connectivity index (χ4v) is 3.29. The molecule has 0 bridgehead atoms. The lowest BCUT2D eigenvalue weighted by Crippen LogP contribution is -2.24. The maximum atomic E-state index is 11.4. The molecule has 1 saturated carbocycles. The van der Waals surface area contributed by atoms with E-state index in [1.165, 1.54) is 0 Å². The fourth-order valence-electron chi connectivity index (χ4n) is 3.09. The Morgan fingerprint density at radius 1 is 1.35 bits per heavy atom. The molecule has 1 fully saturated rings. The van der Waals surface area contributed by atoms with E-state index in [9.17, 15) is 9.90 Å². The molecule has 0 saturated heterocycles. The van der Waals surface area contributed by atoms with E-state index in [4.69, 9.17) is 11.6 Å². The van der Waals surface area contributed by atoms with Crippen LogP contribution in [0.4, 0.5) is 5.95 Å². The summed E-state index contributed by atoms with van der Waals surface area (Å²) >= 11 is 6.22. The van der Waals surface area contributed by atoms with Gasteiger partial charge in [-0.15, -0.1) is 0 Å². The Bertz CT molecular complexity index is 1460. The van der Waals surface area contributed by atoms with Gasteiger partial charge in [-0.05, 0) is 43.0 Å². The van der Waals surface area contributed by atoms with Gasteiger partial charge in [0.1, 0.15) is 5.69 Å². The van der Waals surface area contributed by atoms with E-state index in [0.717, 1.165) is 24.0 Å². The Hall–Kier alpha value is -3.66. The summed E-state index contributed by atoms with van der Waals surface area (Å²) in [6.45, 7) is 2.44. The average Bonchev–Trinajstić information content (AvgIpc) is 3.37. The molecule has 4 N–H and O–H groups in total. The van der Waals surface area contributed by atoms with Crippen LogP contribution in [0.3, 0.4) is 0 Å². The van der Waals surface area contributed by atoms with E-state index in [-0.39, 0.29) is 17.6 Å². The third-order valence-electron chi connectivity index (χ3n) is 4.95. The van der Waals surface area contributed by atoms with Crippen molar-refractivity contribution in [2.24, 2.45) is 4.99 Å². The molecule has 11 heteroatoms. The topological polar surface area (TPSA) is 136 Å². The smallest absolute Gasteiger partial charge is 0.326 e. The molecular weight excluding hydrogens is 420 g/mol. The van der Waals surface area contributed by atoms with Crippen LogP contribution in [0, 0.1) is 6.92 Å². The van der Waals surface area contributed by atoms with Crippen molar-refractivity contribution >= 4 is 29.3 Å². The van der Waals surface area contributed by atoms with Gasteiger partial charge in [-0.3, -0.25) is 4.98 Å². The van der Waals surface area contributed by atoms with Gasteiger partial charge in [-0.1, -0.05) is 23.7 Å². The van der Waals surface area contributed by atoms with Crippen LogP contribution in [0.5, 0.6) is 5.88 Å². The van der Waals surface area contributed by atoms with E-state index in [2.05, 4.69) is 35.3 Å². The number of anilines is 1. The number of rotatable bonds is 5. The molecule has 4 aromatic rings. The van der Waals surface area contributed by atoms with Crippen LogP contribution in [0.25, 0.3) is 11.7 Å². The van der Waals surface area contributed by atoms with Crippen LogP contribution in [0.15, 0.2) is 34.2 Å². The molecule has 158 valence electrons. The summed E-state index contributed by atoms with van der Waals surface area (Å²) < 4.78 is 1.56. The molecule has 1 aliphatic rings. The first-order chi connectivity index (χ1) is 15.0. The molecule has 1 aromatic carbocycles. The maximum Gasteiger partial charge on any atom is 0.326 e. The molecule has 1 aliphatic carbocycles. The van der Waals surface area contributed by atoms with Gasteiger partial charge in [0.05, 0.1) is 12.2 Å². The summed E-state index contributed by atoms with van der Waals surface area (Å²) in [5, 5.41) is 18.7. The van der Waals surface area contributed by atoms with Crippen LogP contribution >= 0.6 is 11.6 Å². The van der Waals surface area contributed by atoms with Gasteiger partial charge in [0.15, 0.2) is 5.65 Å². The predicted molar refractivity (Wildman–Crippen MR) is 115 cm³/mol. The average molecular weight is 439 g/mol. The first-order valence-corrected chi connectivity index (χ1v) is 10.2. The summed E-state index contributed by atoms with van der Waals surface area (Å²) in [4.78, 5) is 30.0. The number of hydrogen-bond acceptors (Lipinski definition) is 7. The Morgan fingerprint density at radius 2 is 2.19 bits per heavy atom. The number of nitrogens with zero attached hydrogens (tertiary/aromatic N) is 5. The number of benzene rings is 1. The Labute approximate surface area is 180 Å². The first kappa shape index (κ1) is 19.3. The van der Waals surface area contributed by atoms with Gasteiger partial charge >= 0.3 is 5.69 Å². The lowest BCUT2D eigenvalue weighted by atomic mass is 10.1. The number of H-pyrrole nitrogens is 2. The van der Waals surface area contributed by atoms with Gasteiger partial charge in [-0.2, -0.15) is 19.6 Å². The molecule has 5 rings (SSSR count). The van der Waals surface area contributed by atoms with E-state index in [1.807, 2.05) is 25.1 Å². The third kappa shape index (κ3) is 4.02.